The third-order valence-corrected chi connectivity index (χ3v) is 5.76. The Labute approximate surface area is 140 Å². The number of hydrogen-bond donors (Lipinski definition) is 1. The molecule has 1 aromatic heterocycles. The van der Waals surface area contributed by atoms with Gasteiger partial charge in [-0.25, -0.2) is 9.78 Å². The molecule has 0 radical (unpaired) electrons. The number of carbonyl (C=O) groups is 1. The predicted octanol–water partition coefficient (Wildman–Crippen LogP) is 1.54. The summed E-state index contributed by atoms with van der Waals surface area (Å²) >= 11 is 1.71. The van der Waals surface area contributed by atoms with E-state index in [2.05, 4.69) is 15.2 Å². The number of urea groups is 1. The molecule has 1 atom stereocenters. The Balaban J connectivity index is 1.39. The Hall–Kier alpha value is -1.18. The van der Waals surface area contributed by atoms with E-state index in [4.69, 9.17) is 4.74 Å². The van der Waals surface area contributed by atoms with E-state index in [1.54, 1.807) is 11.3 Å². The van der Waals surface area contributed by atoms with Crippen LogP contribution in [0, 0.1) is 5.41 Å². The number of hydrogen-bond acceptors (Lipinski definition) is 5. The largest absolute Gasteiger partial charge is 0.379 e. The van der Waals surface area contributed by atoms with Crippen molar-refractivity contribution in [1.29, 1.82) is 0 Å². The molecular weight excluding hydrogens is 312 g/mol. The molecule has 3 aliphatic rings. The number of rotatable bonds is 3. The van der Waals surface area contributed by atoms with Crippen LogP contribution < -0.4 is 5.32 Å². The zero-order valence-corrected chi connectivity index (χ0v) is 14.2. The first kappa shape index (κ1) is 15.4. The molecular formula is C16H24N4O2S. The molecule has 2 amide bonds. The minimum absolute atomic E-state index is 0.0780. The van der Waals surface area contributed by atoms with Crippen LogP contribution in [0.3, 0.4) is 0 Å². The fourth-order valence-corrected chi connectivity index (χ4v) is 4.25. The van der Waals surface area contributed by atoms with Crippen molar-refractivity contribution in [1.82, 2.24) is 20.1 Å². The molecule has 1 aromatic rings. The van der Waals surface area contributed by atoms with Crippen LogP contribution in [0.4, 0.5) is 4.79 Å². The topological polar surface area (TPSA) is 57.7 Å². The van der Waals surface area contributed by atoms with Gasteiger partial charge < -0.3 is 15.0 Å². The van der Waals surface area contributed by atoms with Crippen LogP contribution in [-0.4, -0.2) is 66.2 Å². The third-order valence-electron chi connectivity index (χ3n) is 4.99. The summed E-state index contributed by atoms with van der Waals surface area (Å²) in [6, 6.07) is 0.503. The van der Waals surface area contributed by atoms with Gasteiger partial charge in [0, 0.05) is 42.7 Å². The van der Waals surface area contributed by atoms with Crippen LogP contribution in [-0.2, 0) is 11.3 Å². The van der Waals surface area contributed by atoms with E-state index in [0.29, 0.717) is 19.2 Å². The summed E-state index contributed by atoms with van der Waals surface area (Å²) in [5.74, 6) is 0. The van der Waals surface area contributed by atoms with Crippen molar-refractivity contribution in [2.24, 2.45) is 5.41 Å². The standard InChI is InChI=1S/C16H24N4O2S/c21-15(18-13-1-2-13)20-6-7-22-12-16(11-20)3-5-19(10-16)9-14-17-4-8-23-14/h4,8,13H,1-3,5-7,9-12H2,(H,18,21)/t16-/m1/s1. The summed E-state index contributed by atoms with van der Waals surface area (Å²) in [7, 11) is 0. The summed E-state index contributed by atoms with van der Waals surface area (Å²) in [4.78, 5) is 21.2. The van der Waals surface area contributed by atoms with Gasteiger partial charge in [0.25, 0.3) is 0 Å². The lowest BCUT2D eigenvalue weighted by Crippen LogP contribution is -2.47. The quantitative estimate of drug-likeness (QED) is 0.910. The van der Waals surface area contributed by atoms with E-state index in [-0.39, 0.29) is 11.4 Å². The minimum Gasteiger partial charge on any atom is -0.379 e. The summed E-state index contributed by atoms with van der Waals surface area (Å²) in [6.45, 7) is 5.86. The van der Waals surface area contributed by atoms with Gasteiger partial charge in [-0.05, 0) is 25.8 Å². The van der Waals surface area contributed by atoms with E-state index >= 15 is 0 Å². The monoisotopic (exact) mass is 336 g/mol. The van der Waals surface area contributed by atoms with Gasteiger partial charge in [-0.2, -0.15) is 0 Å². The average molecular weight is 336 g/mol. The summed E-state index contributed by atoms with van der Waals surface area (Å²) in [5.41, 5.74) is 0.0780. The van der Waals surface area contributed by atoms with E-state index in [9.17, 15) is 4.79 Å². The lowest BCUT2D eigenvalue weighted by Gasteiger charge is -2.32. The van der Waals surface area contributed by atoms with Gasteiger partial charge in [0.1, 0.15) is 5.01 Å². The molecule has 1 spiro atoms. The molecule has 23 heavy (non-hydrogen) atoms. The normalized spacial score (nSPS) is 29.0. The molecule has 2 saturated heterocycles. The highest BCUT2D eigenvalue weighted by Crippen LogP contribution is 2.34. The first-order valence-corrected chi connectivity index (χ1v) is 9.34. The van der Waals surface area contributed by atoms with Gasteiger partial charge in [0.2, 0.25) is 0 Å². The lowest BCUT2D eigenvalue weighted by molar-refractivity contribution is 0.0714. The number of likely N-dealkylation sites (tertiary alicyclic amines) is 1. The molecule has 126 valence electrons. The van der Waals surface area contributed by atoms with Crippen molar-refractivity contribution < 1.29 is 9.53 Å². The van der Waals surface area contributed by atoms with Crippen molar-refractivity contribution >= 4 is 17.4 Å². The molecule has 2 aliphatic heterocycles. The molecule has 0 unspecified atom stereocenters. The number of nitrogens with zero attached hydrogens (tertiary/aromatic N) is 3. The Kier molecular flexibility index (Phi) is 4.26. The fraction of sp³-hybridized carbons (Fsp3) is 0.750. The molecule has 3 heterocycles. The first-order valence-electron chi connectivity index (χ1n) is 8.46. The Morgan fingerprint density at radius 1 is 1.43 bits per heavy atom. The van der Waals surface area contributed by atoms with Gasteiger partial charge in [-0.1, -0.05) is 0 Å². The number of ether oxygens (including phenoxy) is 1. The van der Waals surface area contributed by atoms with E-state index in [0.717, 1.165) is 52.0 Å². The molecule has 0 bridgehead atoms. The molecule has 6 nitrogen and oxygen atoms in total. The number of nitrogens with one attached hydrogen (secondary N) is 1. The maximum absolute atomic E-state index is 12.4. The number of carbonyl (C=O) groups excluding carboxylic acids is 1. The van der Waals surface area contributed by atoms with Crippen molar-refractivity contribution in [2.75, 3.05) is 39.4 Å². The van der Waals surface area contributed by atoms with E-state index < -0.39 is 0 Å². The van der Waals surface area contributed by atoms with Crippen LogP contribution in [0.25, 0.3) is 0 Å². The number of thiazole rings is 1. The van der Waals surface area contributed by atoms with Gasteiger partial charge >= 0.3 is 6.03 Å². The molecule has 1 aliphatic carbocycles. The predicted molar refractivity (Wildman–Crippen MR) is 88.4 cm³/mol. The second-order valence-electron chi connectivity index (χ2n) is 7.08. The average Bonchev–Trinajstić information content (AvgIpc) is 3.11. The molecule has 7 heteroatoms. The SMILES string of the molecule is O=C(NC1CC1)N1CCOC[C@@]2(CCN(Cc3nccs3)C2)C1. The Morgan fingerprint density at radius 3 is 3.13 bits per heavy atom. The van der Waals surface area contributed by atoms with E-state index in [1.807, 2.05) is 16.5 Å². The highest BCUT2D eigenvalue weighted by atomic mass is 32.1. The molecule has 1 saturated carbocycles. The highest BCUT2D eigenvalue weighted by Gasteiger charge is 2.42. The van der Waals surface area contributed by atoms with Gasteiger partial charge in [-0.15, -0.1) is 11.3 Å². The van der Waals surface area contributed by atoms with Crippen molar-refractivity contribution in [3.05, 3.63) is 16.6 Å². The van der Waals surface area contributed by atoms with Crippen molar-refractivity contribution in [2.45, 2.75) is 31.8 Å². The van der Waals surface area contributed by atoms with E-state index in [1.165, 1.54) is 5.01 Å². The van der Waals surface area contributed by atoms with Crippen molar-refractivity contribution in [3.63, 3.8) is 0 Å². The lowest BCUT2D eigenvalue weighted by atomic mass is 9.87. The highest BCUT2D eigenvalue weighted by molar-refractivity contribution is 7.09. The number of amides is 2. The van der Waals surface area contributed by atoms with Crippen LogP contribution in [0.5, 0.6) is 0 Å². The second kappa shape index (κ2) is 6.37. The smallest absolute Gasteiger partial charge is 0.317 e. The third kappa shape index (κ3) is 3.67. The maximum Gasteiger partial charge on any atom is 0.317 e. The van der Waals surface area contributed by atoms with Crippen LogP contribution >= 0.6 is 11.3 Å². The number of aromatic nitrogens is 1. The first-order chi connectivity index (χ1) is 11.2. The maximum atomic E-state index is 12.4. The minimum atomic E-state index is 0.0780. The van der Waals surface area contributed by atoms with Crippen LogP contribution in [0.1, 0.15) is 24.3 Å². The fourth-order valence-electron chi connectivity index (χ4n) is 3.59. The Morgan fingerprint density at radius 2 is 2.35 bits per heavy atom. The summed E-state index contributed by atoms with van der Waals surface area (Å²) in [6.07, 6.45) is 5.21. The van der Waals surface area contributed by atoms with Crippen LogP contribution in [0.15, 0.2) is 11.6 Å². The Bertz CT molecular complexity index is 548. The molecule has 3 fully saturated rings. The van der Waals surface area contributed by atoms with Gasteiger partial charge in [-0.3, -0.25) is 4.90 Å². The second-order valence-corrected chi connectivity index (χ2v) is 8.06. The molecule has 0 aromatic carbocycles. The molecule has 4 rings (SSSR count). The summed E-state index contributed by atoms with van der Waals surface area (Å²) < 4.78 is 5.86. The van der Waals surface area contributed by atoms with Gasteiger partial charge in [0.05, 0.1) is 19.8 Å². The van der Waals surface area contributed by atoms with Crippen molar-refractivity contribution in [3.8, 4) is 0 Å². The van der Waals surface area contributed by atoms with Gasteiger partial charge in [0.15, 0.2) is 0 Å². The van der Waals surface area contributed by atoms with Crippen LogP contribution in [0.2, 0.25) is 0 Å². The summed E-state index contributed by atoms with van der Waals surface area (Å²) in [5, 5.41) is 6.31. The zero-order valence-electron chi connectivity index (χ0n) is 13.4. The molecule has 1 N–H and O–H groups in total. The zero-order chi connectivity index (χ0) is 15.7.